The lowest BCUT2D eigenvalue weighted by Gasteiger charge is -2.05. The first-order chi connectivity index (χ1) is 10.3. The van der Waals surface area contributed by atoms with E-state index in [0.717, 1.165) is 22.2 Å². The number of benzene rings is 1. The van der Waals surface area contributed by atoms with Crippen LogP contribution in [0.3, 0.4) is 0 Å². The van der Waals surface area contributed by atoms with Gasteiger partial charge in [-0.15, -0.1) is 10.2 Å². The predicted molar refractivity (Wildman–Crippen MR) is 82.2 cm³/mol. The number of aromatic nitrogens is 3. The van der Waals surface area contributed by atoms with Gasteiger partial charge >= 0.3 is 0 Å². The maximum absolute atomic E-state index is 8.66. The van der Waals surface area contributed by atoms with Crippen molar-refractivity contribution >= 4 is 11.8 Å². The third-order valence-electron chi connectivity index (χ3n) is 2.58. The maximum atomic E-state index is 8.66. The van der Waals surface area contributed by atoms with Gasteiger partial charge in [-0.05, 0) is 24.3 Å². The number of hydrogen-bond donors (Lipinski definition) is 1. The van der Waals surface area contributed by atoms with Crippen LogP contribution in [0, 0.1) is 11.8 Å². The van der Waals surface area contributed by atoms with E-state index in [9.17, 15) is 0 Å². The van der Waals surface area contributed by atoms with Crippen LogP contribution >= 0.6 is 11.8 Å². The van der Waals surface area contributed by atoms with Gasteiger partial charge in [-0.2, -0.15) is 0 Å². The van der Waals surface area contributed by atoms with Crippen LogP contribution in [-0.4, -0.2) is 38.8 Å². The summed E-state index contributed by atoms with van der Waals surface area (Å²) in [4.78, 5) is 0. The number of nitrogens with zero attached hydrogens (tertiary/aromatic N) is 3. The molecule has 0 amide bonds. The lowest BCUT2D eigenvalue weighted by atomic mass is 10.2. The quantitative estimate of drug-likeness (QED) is 0.500. The fourth-order valence-corrected chi connectivity index (χ4v) is 2.26. The smallest absolute Gasteiger partial charge is 0.190 e. The first-order valence-corrected chi connectivity index (χ1v) is 7.57. The highest BCUT2D eigenvalue weighted by Crippen LogP contribution is 2.15. The maximum Gasteiger partial charge on any atom is 0.190 e. The second-order valence-electron chi connectivity index (χ2n) is 4.22. The van der Waals surface area contributed by atoms with E-state index in [2.05, 4.69) is 22.0 Å². The van der Waals surface area contributed by atoms with Gasteiger partial charge in [0, 0.05) is 24.8 Å². The van der Waals surface area contributed by atoms with Crippen molar-refractivity contribution in [2.24, 2.45) is 7.05 Å². The van der Waals surface area contributed by atoms with Gasteiger partial charge in [-0.25, -0.2) is 0 Å². The lowest BCUT2D eigenvalue weighted by molar-refractivity contribution is 0.305. The summed E-state index contributed by atoms with van der Waals surface area (Å²) in [5.41, 5.74) is 0.921. The third kappa shape index (κ3) is 5.14. The van der Waals surface area contributed by atoms with E-state index in [0.29, 0.717) is 13.0 Å². The molecule has 1 aromatic carbocycles. The summed E-state index contributed by atoms with van der Waals surface area (Å²) in [5.74, 6) is 7.49. The van der Waals surface area contributed by atoms with Gasteiger partial charge in [0.15, 0.2) is 5.16 Å². The van der Waals surface area contributed by atoms with Gasteiger partial charge in [-0.1, -0.05) is 23.6 Å². The Morgan fingerprint density at radius 1 is 1.33 bits per heavy atom. The van der Waals surface area contributed by atoms with E-state index in [1.54, 1.807) is 18.1 Å². The molecule has 0 radical (unpaired) electrons. The first kappa shape index (κ1) is 15.4. The molecule has 5 nitrogen and oxygen atoms in total. The van der Waals surface area contributed by atoms with Gasteiger partial charge in [-0.3, -0.25) is 0 Å². The molecule has 0 bridgehead atoms. The summed E-state index contributed by atoms with van der Waals surface area (Å²) in [7, 11) is 1.92. The molecule has 0 saturated carbocycles. The molecule has 0 aliphatic carbocycles. The van der Waals surface area contributed by atoms with Crippen LogP contribution in [0.1, 0.15) is 12.0 Å². The number of thioether (sulfide) groups is 1. The molecule has 0 spiro atoms. The number of hydrogen-bond acceptors (Lipinski definition) is 5. The molecule has 0 aliphatic heterocycles. The molecule has 0 aliphatic rings. The summed E-state index contributed by atoms with van der Waals surface area (Å²) in [5, 5.41) is 17.4. The van der Waals surface area contributed by atoms with Crippen LogP contribution in [0.2, 0.25) is 0 Å². The summed E-state index contributed by atoms with van der Waals surface area (Å²) in [6.45, 7) is 0.699. The monoisotopic (exact) mass is 303 g/mol. The topological polar surface area (TPSA) is 60.2 Å². The van der Waals surface area contributed by atoms with E-state index < -0.39 is 0 Å². The first-order valence-electron chi connectivity index (χ1n) is 6.59. The molecular formula is C15H17N3O2S. The fraction of sp³-hybridized carbons (Fsp3) is 0.333. The van der Waals surface area contributed by atoms with Crippen molar-refractivity contribution in [1.29, 1.82) is 0 Å². The molecule has 0 unspecified atom stereocenters. The van der Waals surface area contributed by atoms with Crippen LogP contribution in [0.15, 0.2) is 35.7 Å². The average molecular weight is 303 g/mol. The highest BCUT2D eigenvalue weighted by atomic mass is 32.2. The normalized spacial score (nSPS) is 10.0. The second kappa shape index (κ2) is 8.35. The van der Waals surface area contributed by atoms with Crippen LogP contribution in [-0.2, 0) is 7.05 Å². The molecule has 1 heterocycles. The zero-order valence-corrected chi connectivity index (χ0v) is 12.6. The number of aliphatic hydroxyl groups is 1. The number of aliphatic hydroxyl groups excluding tert-OH is 1. The van der Waals surface area contributed by atoms with E-state index in [-0.39, 0.29) is 6.61 Å². The van der Waals surface area contributed by atoms with E-state index in [1.165, 1.54) is 0 Å². The molecule has 0 fully saturated rings. The Balaban J connectivity index is 1.74. The highest BCUT2D eigenvalue weighted by molar-refractivity contribution is 7.99. The third-order valence-corrected chi connectivity index (χ3v) is 3.58. The van der Waals surface area contributed by atoms with E-state index in [4.69, 9.17) is 9.84 Å². The molecule has 0 atom stereocenters. The molecule has 2 aromatic rings. The van der Waals surface area contributed by atoms with Crippen molar-refractivity contribution in [3.63, 3.8) is 0 Å². The number of aryl methyl sites for hydroxylation is 1. The predicted octanol–water partition coefficient (Wildman–Crippen LogP) is 1.72. The zero-order valence-electron chi connectivity index (χ0n) is 11.8. The average Bonchev–Trinajstić information content (AvgIpc) is 2.91. The van der Waals surface area contributed by atoms with Gasteiger partial charge < -0.3 is 14.4 Å². The SMILES string of the molecule is Cn1cnnc1SCCOc1ccc(C#CCCO)cc1. The highest BCUT2D eigenvalue weighted by Gasteiger charge is 2.01. The van der Waals surface area contributed by atoms with Crippen molar-refractivity contribution in [3.05, 3.63) is 36.2 Å². The summed E-state index contributed by atoms with van der Waals surface area (Å²) in [6, 6.07) is 7.62. The van der Waals surface area contributed by atoms with Gasteiger partial charge in [0.25, 0.3) is 0 Å². The molecule has 1 aromatic heterocycles. The zero-order chi connectivity index (χ0) is 14.9. The molecule has 0 saturated heterocycles. The van der Waals surface area contributed by atoms with Crippen molar-refractivity contribution < 1.29 is 9.84 Å². The van der Waals surface area contributed by atoms with Crippen LogP contribution in [0.4, 0.5) is 0 Å². The van der Waals surface area contributed by atoms with Gasteiger partial charge in [0.2, 0.25) is 0 Å². The molecule has 2 rings (SSSR count). The largest absolute Gasteiger partial charge is 0.493 e. The Morgan fingerprint density at radius 3 is 2.81 bits per heavy atom. The molecule has 21 heavy (non-hydrogen) atoms. The molecule has 6 heteroatoms. The number of rotatable bonds is 6. The minimum Gasteiger partial charge on any atom is -0.493 e. The van der Waals surface area contributed by atoms with Gasteiger partial charge in [0.1, 0.15) is 12.1 Å². The standard InChI is InChI=1S/C15H17N3O2S/c1-18-12-16-17-15(18)21-11-10-20-14-7-5-13(6-8-14)4-2-3-9-19/h5-8,12,19H,3,9-11H2,1H3. The Hall–Kier alpha value is -1.97. The Bertz CT molecular complexity index is 614. The van der Waals surface area contributed by atoms with Crippen LogP contribution < -0.4 is 4.74 Å². The van der Waals surface area contributed by atoms with Crippen molar-refractivity contribution in [3.8, 4) is 17.6 Å². The number of ether oxygens (including phenoxy) is 1. The second-order valence-corrected chi connectivity index (χ2v) is 5.28. The van der Waals surface area contributed by atoms with E-state index >= 15 is 0 Å². The minimum absolute atomic E-state index is 0.0946. The van der Waals surface area contributed by atoms with Crippen LogP contribution in [0.5, 0.6) is 5.75 Å². The lowest BCUT2D eigenvalue weighted by Crippen LogP contribution is -2.01. The Labute approximate surface area is 128 Å². The van der Waals surface area contributed by atoms with Gasteiger partial charge in [0.05, 0.1) is 13.2 Å². The van der Waals surface area contributed by atoms with Crippen molar-refractivity contribution in [2.45, 2.75) is 11.6 Å². The summed E-state index contributed by atoms with van der Waals surface area (Å²) < 4.78 is 7.54. The molecular weight excluding hydrogens is 286 g/mol. The van der Waals surface area contributed by atoms with Crippen molar-refractivity contribution in [1.82, 2.24) is 14.8 Å². The summed E-state index contributed by atoms with van der Waals surface area (Å²) in [6.07, 6.45) is 2.18. The van der Waals surface area contributed by atoms with Crippen LogP contribution in [0.25, 0.3) is 0 Å². The summed E-state index contributed by atoms with van der Waals surface area (Å²) >= 11 is 1.61. The Morgan fingerprint density at radius 2 is 2.14 bits per heavy atom. The Kier molecular flexibility index (Phi) is 6.13. The molecule has 110 valence electrons. The fourth-order valence-electron chi connectivity index (χ4n) is 1.55. The van der Waals surface area contributed by atoms with E-state index in [1.807, 2.05) is 35.9 Å². The van der Waals surface area contributed by atoms with Crippen molar-refractivity contribution in [2.75, 3.05) is 19.0 Å². The molecule has 1 N–H and O–H groups in total. The minimum atomic E-state index is 0.0946.